The molecule has 326 valence electrons. The first-order valence-electron chi connectivity index (χ1n) is 20.8. The first-order chi connectivity index (χ1) is 30.6. The highest BCUT2D eigenvalue weighted by atomic mass is 79.9. The second kappa shape index (κ2) is 21.8. The van der Waals surface area contributed by atoms with Gasteiger partial charge in [-0.25, -0.2) is 9.97 Å². The fraction of sp³-hybridized carbons (Fsp3) is 0.292. The van der Waals surface area contributed by atoms with Gasteiger partial charge in [-0.15, -0.1) is 0 Å². The third-order valence-electron chi connectivity index (χ3n) is 11.2. The lowest BCUT2D eigenvalue weighted by molar-refractivity contribution is 0.0642. The van der Waals surface area contributed by atoms with Crippen molar-refractivity contribution in [2.45, 2.75) is 37.9 Å². The maximum absolute atomic E-state index is 13.2. The largest absolute Gasteiger partial charge is 0.381 e. The summed E-state index contributed by atoms with van der Waals surface area (Å²) in [5.74, 6) is -0.617. The molecule has 4 amide bonds. The van der Waals surface area contributed by atoms with E-state index in [4.69, 9.17) is 32.7 Å². The maximum Gasteiger partial charge on any atom is 0.272 e. The number of nitrogens with zero attached hydrogens (tertiary/aromatic N) is 2. The molecule has 4 N–H and O–H groups in total. The molecular weight excluding hydrogens is 907 g/mol. The summed E-state index contributed by atoms with van der Waals surface area (Å²) >= 11 is 15.6. The van der Waals surface area contributed by atoms with E-state index in [1.807, 2.05) is 67.6 Å². The standard InChI is InChI=1S/C24H23BrClN3O3.C24H24ClN3O3/c25-13-16-5-6-19(18-4-2-1-3-17(16)18)23(30)28-20-7-8-21(26)29-22(20)24(31)27-14-15-9-11-32-12-10-15;1-15-6-7-19(18-5-3-2-4-17(15)18)23(29)27-20-8-9-21(25)28-22(20)24(30)26-14-16-10-12-31-13-11-16/h1-8,15H,9-14H2,(H,27,31)(H,28,30);2-9,16H,10-14H2,1H3,(H,26,30)(H,27,29). The molecule has 0 aliphatic carbocycles. The first-order valence-corrected chi connectivity index (χ1v) is 22.7. The predicted octanol–water partition coefficient (Wildman–Crippen LogP) is 9.80. The molecule has 4 heterocycles. The number of benzene rings is 4. The Bertz CT molecular complexity index is 2640. The van der Waals surface area contributed by atoms with E-state index >= 15 is 0 Å². The zero-order chi connectivity index (χ0) is 44.3. The Labute approximate surface area is 384 Å². The van der Waals surface area contributed by atoms with Crippen molar-refractivity contribution >= 4 is 95.7 Å². The van der Waals surface area contributed by atoms with Crippen LogP contribution in [0, 0.1) is 18.8 Å². The smallest absolute Gasteiger partial charge is 0.272 e. The summed E-state index contributed by atoms with van der Waals surface area (Å²) < 4.78 is 10.7. The molecule has 2 saturated heterocycles. The number of carbonyl (C=O) groups excluding carboxylic acids is 4. The second-order valence-electron chi connectivity index (χ2n) is 15.4. The van der Waals surface area contributed by atoms with Crippen LogP contribution in [0.2, 0.25) is 10.3 Å². The van der Waals surface area contributed by atoms with Crippen LogP contribution in [0.25, 0.3) is 21.5 Å². The fourth-order valence-electron chi connectivity index (χ4n) is 7.66. The third kappa shape index (κ3) is 11.6. The molecule has 2 aliphatic rings. The van der Waals surface area contributed by atoms with Crippen molar-refractivity contribution in [1.82, 2.24) is 20.6 Å². The highest BCUT2D eigenvalue weighted by molar-refractivity contribution is 9.08. The van der Waals surface area contributed by atoms with Crippen molar-refractivity contribution in [3.05, 3.63) is 141 Å². The van der Waals surface area contributed by atoms with Crippen molar-refractivity contribution in [1.29, 1.82) is 0 Å². The number of pyridine rings is 2. The van der Waals surface area contributed by atoms with Gasteiger partial charge in [-0.05, 0) is 114 Å². The molecule has 0 bridgehead atoms. The van der Waals surface area contributed by atoms with Crippen molar-refractivity contribution < 1.29 is 28.7 Å². The van der Waals surface area contributed by atoms with E-state index in [0.717, 1.165) is 58.4 Å². The van der Waals surface area contributed by atoms with Gasteiger partial charge in [0.05, 0.1) is 11.4 Å². The van der Waals surface area contributed by atoms with Crippen molar-refractivity contribution in [3.63, 3.8) is 0 Å². The van der Waals surface area contributed by atoms with Gasteiger partial charge >= 0.3 is 0 Å². The number of hydrogen-bond acceptors (Lipinski definition) is 8. The van der Waals surface area contributed by atoms with Crippen LogP contribution in [0.1, 0.15) is 78.5 Å². The summed E-state index contributed by atoms with van der Waals surface area (Å²) in [6.45, 7) is 5.91. The summed E-state index contributed by atoms with van der Waals surface area (Å²) in [6.07, 6.45) is 3.63. The number of aryl methyl sites for hydroxylation is 1. The Balaban J connectivity index is 0.000000189. The quantitative estimate of drug-likeness (QED) is 0.0738. The maximum atomic E-state index is 13.2. The van der Waals surface area contributed by atoms with Crippen LogP contribution < -0.4 is 21.3 Å². The Morgan fingerprint density at radius 2 is 1.00 bits per heavy atom. The highest BCUT2D eigenvalue weighted by Crippen LogP contribution is 2.28. The summed E-state index contributed by atoms with van der Waals surface area (Å²) in [6, 6.07) is 29.2. The number of anilines is 2. The van der Waals surface area contributed by atoms with Crippen LogP contribution in [-0.2, 0) is 14.8 Å². The number of fused-ring (bicyclic) bond motifs is 2. The van der Waals surface area contributed by atoms with Gasteiger partial charge in [0.25, 0.3) is 23.6 Å². The van der Waals surface area contributed by atoms with E-state index in [-0.39, 0.29) is 45.3 Å². The minimum Gasteiger partial charge on any atom is -0.381 e. The van der Waals surface area contributed by atoms with E-state index in [9.17, 15) is 19.2 Å². The zero-order valence-corrected chi connectivity index (χ0v) is 37.7. The average Bonchev–Trinajstić information content (AvgIpc) is 3.31. The number of amides is 4. The van der Waals surface area contributed by atoms with Gasteiger partial charge in [0.2, 0.25) is 0 Å². The molecule has 4 aromatic carbocycles. The number of alkyl halides is 1. The Morgan fingerprint density at radius 1 is 0.571 bits per heavy atom. The molecule has 6 aromatic rings. The summed E-state index contributed by atoms with van der Waals surface area (Å²) in [5.41, 5.74) is 4.08. The van der Waals surface area contributed by atoms with Crippen molar-refractivity contribution in [2.75, 3.05) is 50.2 Å². The predicted molar refractivity (Wildman–Crippen MR) is 251 cm³/mol. The van der Waals surface area contributed by atoms with E-state index in [1.54, 1.807) is 36.4 Å². The van der Waals surface area contributed by atoms with Gasteiger partial charge in [-0.3, -0.25) is 19.2 Å². The summed E-state index contributed by atoms with van der Waals surface area (Å²) in [7, 11) is 0. The van der Waals surface area contributed by atoms with Gasteiger partial charge in [0.1, 0.15) is 10.3 Å². The number of aromatic nitrogens is 2. The average molecular weight is 955 g/mol. The number of ether oxygens (including phenoxy) is 2. The molecular formula is C48H47BrCl2N6O6. The fourth-order valence-corrected chi connectivity index (χ4v) is 8.45. The van der Waals surface area contributed by atoms with Gasteiger partial charge in [0, 0.05) is 56.0 Å². The van der Waals surface area contributed by atoms with E-state index in [0.29, 0.717) is 79.2 Å². The van der Waals surface area contributed by atoms with E-state index in [2.05, 4.69) is 47.2 Å². The second-order valence-corrected chi connectivity index (χ2v) is 16.8. The normalized spacial score (nSPS) is 14.3. The van der Waals surface area contributed by atoms with Crippen LogP contribution >= 0.6 is 39.1 Å². The molecule has 0 radical (unpaired) electrons. The lowest BCUT2D eigenvalue weighted by Gasteiger charge is -2.22. The number of hydrogen-bond donors (Lipinski definition) is 4. The van der Waals surface area contributed by atoms with Gasteiger partial charge in [0.15, 0.2) is 11.4 Å². The van der Waals surface area contributed by atoms with Gasteiger partial charge in [-0.2, -0.15) is 0 Å². The zero-order valence-electron chi connectivity index (χ0n) is 34.6. The number of nitrogens with one attached hydrogen (secondary N) is 4. The number of carbonyl (C=O) groups is 4. The highest BCUT2D eigenvalue weighted by Gasteiger charge is 2.23. The SMILES string of the molecule is Cc1ccc(C(=O)Nc2ccc(Cl)nc2C(=O)NCC2CCOCC2)c2ccccc12.O=C(NCC1CCOCC1)c1nc(Cl)ccc1NC(=O)c1ccc(CBr)c2ccccc12. The Kier molecular flexibility index (Phi) is 15.7. The molecule has 2 fully saturated rings. The minimum absolute atomic E-state index is 0.0966. The first kappa shape index (κ1) is 45.6. The van der Waals surface area contributed by atoms with Crippen LogP contribution in [-0.4, -0.2) is 73.1 Å². The topological polar surface area (TPSA) is 161 Å². The van der Waals surface area contributed by atoms with Crippen LogP contribution in [0.3, 0.4) is 0 Å². The Hall–Kier alpha value is -5.44. The molecule has 15 heteroatoms. The van der Waals surface area contributed by atoms with Gasteiger partial charge < -0.3 is 30.7 Å². The molecule has 12 nitrogen and oxygen atoms in total. The number of halogens is 3. The third-order valence-corrected chi connectivity index (χ3v) is 12.2. The molecule has 2 aliphatic heterocycles. The van der Waals surface area contributed by atoms with E-state index < -0.39 is 0 Å². The molecule has 2 aromatic heterocycles. The molecule has 0 atom stereocenters. The molecule has 0 saturated carbocycles. The van der Waals surface area contributed by atoms with Crippen molar-refractivity contribution in [3.8, 4) is 0 Å². The van der Waals surface area contributed by atoms with Gasteiger partial charge in [-0.1, -0.05) is 99.8 Å². The molecule has 63 heavy (non-hydrogen) atoms. The lowest BCUT2D eigenvalue weighted by Crippen LogP contribution is -2.33. The Morgan fingerprint density at radius 3 is 1.48 bits per heavy atom. The molecule has 0 unspecified atom stereocenters. The minimum atomic E-state index is -0.367. The van der Waals surface area contributed by atoms with Crippen LogP contribution in [0.4, 0.5) is 11.4 Å². The monoisotopic (exact) mass is 952 g/mol. The number of rotatable bonds is 11. The molecule has 8 rings (SSSR count). The van der Waals surface area contributed by atoms with Crippen LogP contribution in [0.15, 0.2) is 97.1 Å². The summed E-state index contributed by atoms with van der Waals surface area (Å²) in [5, 5.41) is 16.3. The lowest BCUT2D eigenvalue weighted by atomic mass is 9.99. The molecule has 0 spiro atoms. The van der Waals surface area contributed by atoms with Crippen LogP contribution in [0.5, 0.6) is 0 Å². The van der Waals surface area contributed by atoms with E-state index in [1.165, 1.54) is 0 Å². The summed E-state index contributed by atoms with van der Waals surface area (Å²) in [4.78, 5) is 60.3. The van der Waals surface area contributed by atoms with Crippen molar-refractivity contribution in [2.24, 2.45) is 11.8 Å².